The zero-order chi connectivity index (χ0) is 19.4. The van der Waals surface area contributed by atoms with Gasteiger partial charge >= 0.3 is 5.97 Å². The van der Waals surface area contributed by atoms with E-state index in [2.05, 4.69) is 10.5 Å². The van der Waals surface area contributed by atoms with Crippen LogP contribution in [0.1, 0.15) is 21.5 Å². The van der Waals surface area contributed by atoms with Crippen LogP contribution in [0.25, 0.3) is 11.3 Å². The van der Waals surface area contributed by atoms with E-state index in [0.717, 1.165) is 11.1 Å². The predicted octanol–water partition coefficient (Wildman–Crippen LogP) is 3.46. The van der Waals surface area contributed by atoms with Crippen LogP contribution < -0.4 is 5.32 Å². The summed E-state index contributed by atoms with van der Waals surface area (Å²) in [5, 5.41) is 16.2. The Bertz CT molecular complexity index is 976. The number of phenols is 1. The van der Waals surface area contributed by atoms with E-state index >= 15 is 0 Å². The van der Waals surface area contributed by atoms with Crippen LogP contribution in [0.15, 0.2) is 53.1 Å². The number of aromatic hydroxyl groups is 1. The lowest BCUT2D eigenvalue weighted by molar-refractivity contribution is -0.119. The second kappa shape index (κ2) is 7.74. The number of para-hydroxylation sites is 1. The molecule has 0 spiro atoms. The van der Waals surface area contributed by atoms with Crippen LogP contribution >= 0.6 is 0 Å². The van der Waals surface area contributed by atoms with Crippen LogP contribution in [-0.4, -0.2) is 28.7 Å². The molecule has 138 valence electrons. The molecule has 7 heteroatoms. The number of phenolic OH excluding ortho intramolecular Hbond substituents is 1. The molecule has 0 radical (unpaired) electrons. The number of aryl methyl sites for hydroxylation is 2. The number of aromatic nitrogens is 1. The largest absolute Gasteiger partial charge is 0.507 e. The summed E-state index contributed by atoms with van der Waals surface area (Å²) in [6.07, 6.45) is 0. The van der Waals surface area contributed by atoms with Gasteiger partial charge in [-0.15, -0.1) is 0 Å². The first kappa shape index (κ1) is 18.2. The smallest absolute Gasteiger partial charge is 0.342 e. The third-order valence-corrected chi connectivity index (χ3v) is 3.91. The highest BCUT2D eigenvalue weighted by Gasteiger charge is 2.16. The Hall–Kier alpha value is -3.61. The average molecular weight is 366 g/mol. The van der Waals surface area contributed by atoms with Crippen molar-refractivity contribution in [1.82, 2.24) is 5.16 Å². The summed E-state index contributed by atoms with van der Waals surface area (Å²) in [6.45, 7) is 3.12. The predicted molar refractivity (Wildman–Crippen MR) is 98.4 cm³/mol. The van der Waals surface area contributed by atoms with Crippen molar-refractivity contribution in [3.8, 4) is 17.0 Å². The Morgan fingerprint density at radius 1 is 1.15 bits per heavy atom. The molecule has 0 unspecified atom stereocenters. The molecule has 3 rings (SSSR count). The number of ether oxygens (including phenoxy) is 1. The van der Waals surface area contributed by atoms with Gasteiger partial charge in [0.1, 0.15) is 17.0 Å². The number of hydrogen-bond acceptors (Lipinski definition) is 6. The van der Waals surface area contributed by atoms with Gasteiger partial charge in [0, 0.05) is 11.6 Å². The van der Waals surface area contributed by atoms with Gasteiger partial charge in [-0.25, -0.2) is 4.79 Å². The fraction of sp³-hybridized carbons (Fsp3) is 0.150. The van der Waals surface area contributed by atoms with Crippen LogP contribution in [-0.2, 0) is 9.53 Å². The summed E-state index contributed by atoms with van der Waals surface area (Å²) in [6, 6.07) is 14.0. The molecule has 0 bridgehead atoms. The third-order valence-electron chi connectivity index (χ3n) is 3.91. The molecule has 0 aliphatic rings. The van der Waals surface area contributed by atoms with Crippen LogP contribution in [0.3, 0.4) is 0 Å². The summed E-state index contributed by atoms with van der Waals surface area (Å²) < 4.78 is 10.0. The van der Waals surface area contributed by atoms with Crippen molar-refractivity contribution in [2.24, 2.45) is 0 Å². The van der Waals surface area contributed by atoms with Gasteiger partial charge in [-0.05, 0) is 25.5 Å². The molecular formula is C20H18N2O5. The van der Waals surface area contributed by atoms with E-state index in [1.165, 1.54) is 6.07 Å². The minimum Gasteiger partial charge on any atom is -0.507 e. The van der Waals surface area contributed by atoms with E-state index in [1.54, 1.807) is 25.1 Å². The Morgan fingerprint density at radius 2 is 1.89 bits per heavy atom. The number of carbonyl (C=O) groups excluding carboxylic acids is 2. The number of nitrogens with zero attached hydrogens (tertiary/aromatic N) is 1. The molecule has 2 N–H and O–H groups in total. The third kappa shape index (κ3) is 4.33. The lowest BCUT2D eigenvalue weighted by Gasteiger charge is -2.07. The standard InChI is InChI=1S/C20H18N2O5/c1-12-6-8-14(9-7-12)16-10-18(27-22-16)21-17(23)11-26-20(25)15-5-3-4-13(2)19(15)24/h3-10,24H,11H2,1-2H3,(H,21,23). The molecule has 1 amide bonds. The van der Waals surface area contributed by atoms with Crippen molar-refractivity contribution in [2.45, 2.75) is 13.8 Å². The van der Waals surface area contributed by atoms with Crippen molar-refractivity contribution in [1.29, 1.82) is 0 Å². The van der Waals surface area contributed by atoms with Crippen LogP contribution in [0, 0.1) is 13.8 Å². The number of esters is 1. The van der Waals surface area contributed by atoms with Crippen molar-refractivity contribution in [2.75, 3.05) is 11.9 Å². The Balaban J connectivity index is 1.57. The number of amides is 1. The molecule has 0 saturated carbocycles. The highest BCUT2D eigenvalue weighted by atomic mass is 16.5. The molecular weight excluding hydrogens is 348 g/mol. The van der Waals surface area contributed by atoms with Gasteiger partial charge < -0.3 is 14.4 Å². The first-order valence-electron chi connectivity index (χ1n) is 8.23. The topological polar surface area (TPSA) is 102 Å². The van der Waals surface area contributed by atoms with Gasteiger partial charge in [0.15, 0.2) is 6.61 Å². The lowest BCUT2D eigenvalue weighted by Crippen LogP contribution is -2.20. The normalized spacial score (nSPS) is 10.4. The molecule has 3 aromatic rings. The minimum atomic E-state index is -0.788. The zero-order valence-electron chi connectivity index (χ0n) is 14.9. The van der Waals surface area contributed by atoms with E-state index in [9.17, 15) is 14.7 Å². The first-order valence-corrected chi connectivity index (χ1v) is 8.23. The summed E-state index contributed by atoms with van der Waals surface area (Å²) in [5.74, 6) is -1.39. The SMILES string of the molecule is Cc1ccc(-c2cc(NC(=O)COC(=O)c3cccc(C)c3O)on2)cc1. The first-order chi connectivity index (χ1) is 12.9. The number of hydrogen-bond donors (Lipinski definition) is 2. The molecule has 0 fully saturated rings. The van der Waals surface area contributed by atoms with E-state index < -0.39 is 18.5 Å². The van der Waals surface area contributed by atoms with Crippen LogP contribution in [0.2, 0.25) is 0 Å². The van der Waals surface area contributed by atoms with Crippen molar-refractivity contribution >= 4 is 17.8 Å². The second-order valence-electron chi connectivity index (χ2n) is 6.04. The maximum atomic E-state index is 12.0. The Morgan fingerprint density at radius 3 is 2.63 bits per heavy atom. The Labute approximate surface area is 155 Å². The van der Waals surface area contributed by atoms with E-state index in [0.29, 0.717) is 11.3 Å². The molecule has 7 nitrogen and oxygen atoms in total. The number of rotatable bonds is 5. The van der Waals surface area contributed by atoms with Gasteiger partial charge in [-0.1, -0.05) is 47.1 Å². The number of benzene rings is 2. The van der Waals surface area contributed by atoms with Gasteiger partial charge in [-0.3, -0.25) is 10.1 Å². The molecule has 0 atom stereocenters. The van der Waals surface area contributed by atoms with Crippen LogP contribution in [0.4, 0.5) is 5.88 Å². The molecule has 0 aliphatic carbocycles. The van der Waals surface area contributed by atoms with Crippen molar-refractivity contribution in [3.05, 3.63) is 65.2 Å². The number of nitrogens with one attached hydrogen (secondary N) is 1. The average Bonchev–Trinajstić information content (AvgIpc) is 3.11. The number of anilines is 1. The Kier molecular flexibility index (Phi) is 5.21. The summed E-state index contributed by atoms with van der Waals surface area (Å²) >= 11 is 0. The molecule has 27 heavy (non-hydrogen) atoms. The lowest BCUT2D eigenvalue weighted by atomic mass is 10.1. The van der Waals surface area contributed by atoms with Gasteiger partial charge in [0.2, 0.25) is 5.88 Å². The molecule has 2 aromatic carbocycles. The van der Waals surface area contributed by atoms with E-state index in [1.807, 2.05) is 31.2 Å². The maximum Gasteiger partial charge on any atom is 0.342 e. The van der Waals surface area contributed by atoms with E-state index in [4.69, 9.17) is 9.26 Å². The molecule has 0 saturated heterocycles. The molecule has 1 aromatic heterocycles. The molecule has 0 aliphatic heterocycles. The highest BCUT2D eigenvalue weighted by Crippen LogP contribution is 2.23. The van der Waals surface area contributed by atoms with E-state index in [-0.39, 0.29) is 17.2 Å². The fourth-order valence-electron chi connectivity index (χ4n) is 2.40. The number of carbonyl (C=O) groups is 2. The zero-order valence-corrected chi connectivity index (χ0v) is 14.9. The minimum absolute atomic E-state index is 0.00382. The molecule has 1 heterocycles. The van der Waals surface area contributed by atoms with Gasteiger partial charge in [0.05, 0.1) is 0 Å². The summed E-state index contributed by atoms with van der Waals surface area (Å²) in [7, 11) is 0. The second-order valence-corrected chi connectivity index (χ2v) is 6.04. The van der Waals surface area contributed by atoms with Crippen molar-refractivity contribution in [3.63, 3.8) is 0 Å². The van der Waals surface area contributed by atoms with Gasteiger partial charge in [-0.2, -0.15) is 0 Å². The quantitative estimate of drug-likeness (QED) is 0.671. The highest BCUT2D eigenvalue weighted by molar-refractivity contribution is 5.96. The summed E-state index contributed by atoms with van der Waals surface area (Å²) in [5.41, 5.74) is 3.10. The maximum absolute atomic E-state index is 12.0. The fourth-order valence-corrected chi connectivity index (χ4v) is 2.40. The van der Waals surface area contributed by atoms with Crippen LogP contribution in [0.5, 0.6) is 5.75 Å². The summed E-state index contributed by atoms with van der Waals surface area (Å²) in [4.78, 5) is 23.9. The van der Waals surface area contributed by atoms with Gasteiger partial charge in [0.25, 0.3) is 5.91 Å². The monoisotopic (exact) mass is 366 g/mol. The van der Waals surface area contributed by atoms with Crippen molar-refractivity contribution < 1.29 is 24.0 Å².